The van der Waals surface area contributed by atoms with E-state index in [1.165, 1.54) is 0 Å². The maximum absolute atomic E-state index is 5.74. The monoisotopic (exact) mass is 412 g/mol. The van der Waals surface area contributed by atoms with Gasteiger partial charge in [0.2, 0.25) is 0 Å². The first-order chi connectivity index (χ1) is 8.28. The molecule has 2 nitrogen and oxygen atoms in total. The third kappa shape index (κ3) is 2.12. The first-order valence-corrected chi connectivity index (χ1v) is 5.48. The van der Waals surface area contributed by atoms with E-state index in [0.29, 0.717) is 12.2 Å². The number of benzene rings is 2. The molecule has 2 aromatic carbocycles. The van der Waals surface area contributed by atoms with Crippen molar-refractivity contribution in [3.05, 3.63) is 55.0 Å². The average molecular weight is 411 g/mol. The van der Waals surface area contributed by atoms with E-state index >= 15 is 0 Å². The van der Waals surface area contributed by atoms with Gasteiger partial charge in [0.15, 0.2) is 0 Å². The third-order valence-electron chi connectivity index (χ3n) is 2.89. The second kappa shape index (κ2) is 5.05. The Hall–Kier alpha value is -1.44. The molecule has 0 unspecified atom stereocenters. The quantitative estimate of drug-likeness (QED) is 0.494. The molecule has 0 amide bonds. The Morgan fingerprint density at radius 2 is 1.72 bits per heavy atom. The van der Waals surface area contributed by atoms with Gasteiger partial charge < -0.3 is 5.73 Å². The topological polar surface area (TPSA) is 38.9 Å². The smallest absolute Gasteiger partial charge is 0.113 e. The molecular formula is C15H11IrN2-. The van der Waals surface area contributed by atoms with Gasteiger partial charge in [0.05, 0.1) is 0 Å². The molecule has 3 rings (SSSR count). The summed E-state index contributed by atoms with van der Waals surface area (Å²) in [4.78, 5) is 4.38. The van der Waals surface area contributed by atoms with Gasteiger partial charge >= 0.3 is 0 Å². The zero-order chi connectivity index (χ0) is 11.8. The minimum atomic E-state index is 0. The van der Waals surface area contributed by atoms with Gasteiger partial charge in [0.25, 0.3) is 0 Å². The molecular weight excluding hydrogens is 400 g/mol. The van der Waals surface area contributed by atoms with Gasteiger partial charge in [-0.1, -0.05) is 18.2 Å². The molecule has 3 aromatic rings. The van der Waals surface area contributed by atoms with Crippen LogP contribution in [0.2, 0.25) is 0 Å². The van der Waals surface area contributed by atoms with E-state index in [0.717, 1.165) is 27.2 Å². The number of nitrogens with two attached hydrogens (primary N) is 1. The van der Waals surface area contributed by atoms with E-state index in [4.69, 9.17) is 12.7 Å². The van der Waals surface area contributed by atoms with Crippen molar-refractivity contribution in [2.24, 2.45) is 0 Å². The summed E-state index contributed by atoms with van der Waals surface area (Å²) < 4.78 is 0. The molecule has 0 atom stereocenters. The van der Waals surface area contributed by atoms with E-state index in [1.807, 2.05) is 24.3 Å². The summed E-state index contributed by atoms with van der Waals surface area (Å²) >= 11 is 0. The van der Waals surface area contributed by atoms with Crippen LogP contribution in [-0.4, -0.2) is 4.98 Å². The minimum Gasteiger partial charge on any atom is -0.384 e. The average Bonchev–Trinajstić information content (AvgIpc) is 2.38. The SMILES string of the molecule is [CH]Cc1[c-]c2c(cc1)ccc1ccc(N)nc12.[Ir]. The zero-order valence-corrected chi connectivity index (χ0v) is 12.0. The molecule has 3 radical (unpaired) electrons. The van der Waals surface area contributed by atoms with Crippen molar-refractivity contribution < 1.29 is 20.1 Å². The first-order valence-electron chi connectivity index (χ1n) is 5.48. The summed E-state index contributed by atoms with van der Waals surface area (Å²) in [7, 11) is 0. The number of rotatable bonds is 1. The van der Waals surface area contributed by atoms with Gasteiger partial charge in [0, 0.05) is 20.1 Å². The van der Waals surface area contributed by atoms with Gasteiger partial charge in [-0.2, -0.15) is 0 Å². The van der Waals surface area contributed by atoms with Gasteiger partial charge in [-0.15, -0.1) is 34.5 Å². The zero-order valence-electron chi connectivity index (χ0n) is 9.61. The fraction of sp³-hybridized carbons (Fsp3) is 0.0667. The Labute approximate surface area is 120 Å². The summed E-state index contributed by atoms with van der Waals surface area (Å²) in [5.74, 6) is 0.525. The van der Waals surface area contributed by atoms with Crippen LogP contribution >= 0.6 is 0 Å². The molecule has 91 valence electrons. The summed E-state index contributed by atoms with van der Waals surface area (Å²) in [5.41, 5.74) is 7.60. The summed E-state index contributed by atoms with van der Waals surface area (Å²) in [6, 6.07) is 15.2. The molecule has 3 heteroatoms. The van der Waals surface area contributed by atoms with Crippen molar-refractivity contribution >= 4 is 27.5 Å². The Kier molecular flexibility index (Phi) is 3.65. The summed E-state index contributed by atoms with van der Waals surface area (Å²) in [5, 5.41) is 3.16. The number of hydrogen-bond acceptors (Lipinski definition) is 2. The largest absolute Gasteiger partial charge is 0.384 e. The van der Waals surface area contributed by atoms with Crippen LogP contribution in [-0.2, 0) is 26.5 Å². The van der Waals surface area contributed by atoms with Crippen molar-refractivity contribution in [2.45, 2.75) is 6.42 Å². The van der Waals surface area contributed by atoms with Crippen LogP contribution in [0.25, 0.3) is 21.7 Å². The Morgan fingerprint density at radius 3 is 2.50 bits per heavy atom. The molecule has 0 fully saturated rings. The molecule has 0 aliphatic heterocycles. The second-order valence-electron chi connectivity index (χ2n) is 4.03. The molecule has 0 aliphatic rings. The van der Waals surface area contributed by atoms with Crippen LogP contribution in [0.15, 0.2) is 36.4 Å². The van der Waals surface area contributed by atoms with E-state index < -0.39 is 0 Å². The van der Waals surface area contributed by atoms with Gasteiger partial charge in [-0.25, -0.2) is 0 Å². The Morgan fingerprint density at radius 1 is 1.06 bits per heavy atom. The van der Waals surface area contributed by atoms with E-state index in [2.05, 4.69) is 17.1 Å². The van der Waals surface area contributed by atoms with Crippen LogP contribution in [0.3, 0.4) is 0 Å². The van der Waals surface area contributed by atoms with E-state index in [9.17, 15) is 0 Å². The molecule has 1 aromatic heterocycles. The second-order valence-corrected chi connectivity index (χ2v) is 4.03. The molecule has 2 N–H and O–H groups in total. The third-order valence-corrected chi connectivity index (χ3v) is 2.89. The molecule has 1 heterocycles. The van der Waals surface area contributed by atoms with Crippen LogP contribution < -0.4 is 5.73 Å². The first kappa shape index (κ1) is 13.0. The molecule has 0 saturated carbocycles. The molecule has 18 heavy (non-hydrogen) atoms. The van der Waals surface area contributed by atoms with Gasteiger partial charge in [-0.05, 0) is 30.3 Å². The van der Waals surface area contributed by atoms with Gasteiger partial charge in [-0.3, -0.25) is 4.98 Å². The number of anilines is 1. The number of pyridine rings is 1. The number of hydrogen-bond donors (Lipinski definition) is 1. The predicted molar refractivity (Wildman–Crippen MR) is 70.5 cm³/mol. The molecule has 0 bridgehead atoms. The maximum Gasteiger partial charge on any atom is 0.113 e. The number of fused-ring (bicyclic) bond motifs is 3. The summed E-state index contributed by atoms with van der Waals surface area (Å²) in [6.07, 6.45) is 0.481. The minimum absolute atomic E-state index is 0. The van der Waals surface area contributed by atoms with Crippen molar-refractivity contribution in [1.82, 2.24) is 4.98 Å². The van der Waals surface area contributed by atoms with Crippen LogP contribution in [0.5, 0.6) is 0 Å². The van der Waals surface area contributed by atoms with Crippen molar-refractivity contribution in [3.8, 4) is 0 Å². The maximum atomic E-state index is 5.74. The van der Waals surface area contributed by atoms with Crippen molar-refractivity contribution in [1.29, 1.82) is 0 Å². The fourth-order valence-electron chi connectivity index (χ4n) is 2.00. The predicted octanol–water partition coefficient (Wildman–Crippen LogP) is 3.02. The molecule has 0 spiro atoms. The summed E-state index contributed by atoms with van der Waals surface area (Å²) in [6.45, 7) is 5.64. The number of nitrogens with zero attached hydrogens (tertiary/aromatic N) is 1. The number of nitrogen functional groups attached to an aromatic ring is 1. The van der Waals surface area contributed by atoms with Crippen LogP contribution in [0, 0.1) is 13.0 Å². The molecule has 0 saturated heterocycles. The Bertz CT molecular complexity index is 707. The standard InChI is InChI=1S/C15H11N2.Ir/c1-2-10-3-4-11-5-6-12-7-8-14(16)17-15(12)13(11)9-10;/h1,3-8H,2H2,(H2,16,17);/q-1;. The number of aromatic nitrogens is 1. The van der Waals surface area contributed by atoms with Gasteiger partial charge in [0.1, 0.15) is 5.82 Å². The Balaban J connectivity index is 0.00000120. The van der Waals surface area contributed by atoms with Crippen LogP contribution in [0.1, 0.15) is 5.56 Å². The van der Waals surface area contributed by atoms with Crippen molar-refractivity contribution in [3.63, 3.8) is 0 Å². The molecule has 0 aliphatic carbocycles. The normalized spacial score (nSPS) is 10.5. The van der Waals surface area contributed by atoms with E-state index in [-0.39, 0.29) is 20.1 Å². The van der Waals surface area contributed by atoms with Crippen molar-refractivity contribution in [2.75, 3.05) is 5.73 Å². The van der Waals surface area contributed by atoms with E-state index in [1.54, 1.807) is 6.07 Å². The fourth-order valence-corrected chi connectivity index (χ4v) is 2.00. The van der Waals surface area contributed by atoms with Crippen LogP contribution in [0.4, 0.5) is 5.82 Å².